The number of nitrogens with zero attached hydrogens (tertiary/aromatic N) is 2. The first kappa shape index (κ1) is 14.6. The lowest BCUT2D eigenvalue weighted by Gasteiger charge is -2.34. The Labute approximate surface area is 120 Å². The van der Waals surface area contributed by atoms with Gasteiger partial charge in [0.25, 0.3) is 0 Å². The largest absolute Gasteiger partial charge is 0.450 e. The quantitative estimate of drug-likeness (QED) is 0.840. The van der Waals surface area contributed by atoms with Crippen molar-refractivity contribution in [1.29, 1.82) is 0 Å². The number of hydrogen-bond donors (Lipinski definition) is 1. The molecule has 1 aliphatic rings. The fourth-order valence-electron chi connectivity index (χ4n) is 2.39. The predicted molar refractivity (Wildman–Crippen MR) is 78.9 cm³/mol. The average Bonchev–Trinajstić information content (AvgIpc) is 2.49. The first-order chi connectivity index (χ1) is 9.79. The van der Waals surface area contributed by atoms with Crippen molar-refractivity contribution in [1.82, 2.24) is 10.3 Å². The van der Waals surface area contributed by atoms with Crippen LogP contribution in [0.2, 0.25) is 0 Å². The third kappa shape index (κ3) is 4.40. The summed E-state index contributed by atoms with van der Waals surface area (Å²) in [6.07, 6.45) is 7.35. The summed E-state index contributed by atoms with van der Waals surface area (Å²) in [4.78, 5) is 18.1. The Bertz CT molecular complexity index is 411. The molecule has 2 heterocycles. The maximum Gasteiger partial charge on any atom is 0.407 e. The second kappa shape index (κ2) is 7.72. The van der Waals surface area contributed by atoms with E-state index >= 15 is 0 Å². The molecule has 2 rings (SSSR count). The highest BCUT2D eigenvalue weighted by molar-refractivity contribution is 5.67. The van der Waals surface area contributed by atoms with Gasteiger partial charge in [0.05, 0.1) is 18.5 Å². The van der Waals surface area contributed by atoms with E-state index in [0.29, 0.717) is 6.61 Å². The average molecular weight is 277 g/mol. The van der Waals surface area contributed by atoms with Crippen LogP contribution in [0.15, 0.2) is 24.5 Å². The van der Waals surface area contributed by atoms with Crippen molar-refractivity contribution in [2.75, 3.05) is 24.6 Å². The lowest BCUT2D eigenvalue weighted by molar-refractivity contribution is 0.139. The molecule has 5 nitrogen and oxygen atoms in total. The summed E-state index contributed by atoms with van der Waals surface area (Å²) in [6.45, 7) is 4.40. The summed E-state index contributed by atoms with van der Waals surface area (Å²) in [7, 11) is 0. The number of nitrogens with one attached hydrogen (secondary N) is 1. The number of hydrogen-bond acceptors (Lipinski definition) is 4. The number of rotatable bonds is 5. The van der Waals surface area contributed by atoms with Gasteiger partial charge in [-0.3, -0.25) is 4.98 Å². The molecule has 0 unspecified atom stereocenters. The standard InChI is InChI=1S/C15H23N3O2/c1-2-3-10-20-15(19)17-13-6-5-9-18(12-13)14-7-4-8-16-11-14/h4,7-8,11,13H,2-3,5-6,9-10,12H2,1H3,(H,17,19)/t13-/m0/s1. The Morgan fingerprint density at radius 2 is 2.50 bits per heavy atom. The molecule has 1 saturated heterocycles. The van der Waals surface area contributed by atoms with Gasteiger partial charge in [0, 0.05) is 25.3 Å². The van der Waals surface area contributed by atoms with Crippen molar-refractivity contribution >= 4 is 11.8 Å². The minimum atomic E-state index is -0.295. The van der Waals surface area contributed by atoms with Gasteiger partial charge in [0.15, 0.2) is 0 Å². The number of piperidine rings is 1. The Kier molecular flexibility index (Phi) is 5.65. The van der Waals surface area contributed by atoms with Gasteiger partial charge in [-0.1, -0.05) is 13.3 Å². The zero-order valence-electron chi connectivity index (χ0n) is 12.0. The molecule has 1 aliphatic heterocycles. The maximum absolute atomic E-state index is 11.7. The molecule has 0 aromatic carbocycles. The molecule has 0 spiro atoms. The van der Waals surface area contributed by atoms with Crippen molar-refractivity contribution in [3.63, 3.8) is 0 Å². The molecule has 0 saturated carbocycles. The van der Waals surface area contributed by atoms with Crippen molar-refractivity contribution in [3.8, 4) is 0 Å². The third-order valence-corrected chi connectivity index (χ3v) is 3.49. The van der Waals surface area contributed by atoms with Crippen LogP contribution in [0.25, 0.3) is 0 Å². The lowest BCUT2D eigenvalue weighted by Crippen LogP contribution is -2.48. The van der Waals surface area contributed by atoms with Gasteiger partial charge < -0.3 is 15.0 Å². The number of unbranched alkanes of at least 4 members (excludes halogenated alkanes) is 1. The topological polar surface area (TPSA) is 54.5 Å². The fraction of sp³-hybridized carbons (Fsp3) is 0.600. The number of anilines is 1. The summed E-state index contributed by atoms with van der Waals surface area (Å²) in [5, 5.41) is 2.95. The van der Waals surface area contributed by atoms with Gasteiger partial charge in [0.2, 0.25) is 0 Å². The smallest absolute Gasteiger partial charge is 0.407 e. The molecule has 0 aliphatic carbocycles. The zero-order chi connectivity index (χ0) is 14.2. The monoisotopic (exact) mass is 277 g/mol. The summed E-state index contributed by atoms with van der Waals surface area (Å²) >= 11 is 0. The molecule has 0 bridgehead atoms. The van der Waals surface area contributed by atoms with Crippen LogP contribution in [0.1, 0.15) is 32.6 Å². The molecule has 1 N–H and O–H groups in total. The summed E-state index contributed by atoms with van der Waals surface area (Å²) < 4.78 is 5.15. The summed E-state index contributed by atoms with van der Waals surface area (Å²) in [5.41, 5.74) is 1.11. The second-order valence-electron chi connectivity index (χ2n) is 5.13. The molecule has 110 valence electrons. The normalized spacial score (nSPS) is 18.6. The number of pyridine rings is 1. The van der Waals surface area contributed by atoms with Gasteiger partial charge in [0.1, 0.15) is 0 Å². The second-order valence-corrected chi connectivity index (χ2v) is 5.13. The minimum Gasteiger partial charge on any atom is -0.450 e. The van der Waals surface area contributed by atoms with Crippen LogP contribution in [0, 0.1) is 0 Å². The van der Waals surface area contributed by atoms with Crippen LogP contribution in [-0.2, 0) is 4.74 Å². The highest BCUT2D eigenvalue weighted by Crippen LogP contribution is 2.18. The first-order valence-corrected chi connectivity index (χ1v) is 7.38. The van der Waals surface area contributed by atoms with Crippen LogP contribution in [0.5, 0.6) is 0 Å². The van der Waals surface area contributed by atoms with E-state index in [1.54, 1.807) is 6.20 Å². The number of carbonyl (C=O) groups is 1. The molecule has 1 aromatic rings. The van der Waals surface area contributed by atoms with Crippen LogP contribution >= 0.6 is 0 Å². The van der Waals surface area contributed by atoms with E-state index in [-0.39, 0.29) is 12.1 Å². The molecule has 20 heavy (non-hydrogen) atoms. The van der Waals surface area contributed by atoms with Gasteiger partial charge in [-0.25, -0.2) is 4.79 Å². The maximum atomic E-state index is 11.7. The van der Waals surface area contributed by atoms with E-state index in [9.17, 15) is 4.79 Å². The van der Waals surface area contributed by atoms with Crippen LogP contribution in [0.3, 0.4) is 0 Å². The Morgan fingerprint density at radius 3 is 3.25 bits per heavy atom. The third-order valence-electron chi connectivity index (χ3n) is 3.49. The first-order valence-electron chi connectivity index (χ1n) is 7.38. The van der Waals surface area contributed by atoms with Crippen LogP contribution in [-0.4, -0.2) is 36.8 Å². The van der Waals surface area contributed by atoms with Gasteiger partial charge in [-0.2, -0.15) is 0 Å². The molecule has 0 radical (unpaired) electrons. The molecule has 1 aromatic heterocycles. The van der Waals surface area contributed by atoms with E-state index in [1.165, 1.54) is 0 Å². The van der Waals surface area contributed by atoms with Crippen LogP contribution in [0.4, 0.5) is 10.5 Å². The van der Waals surface area contributed by atoms with Crippen molar-refractivity contribution < 1.29 is 9.53 Å². The van der Waals surface area contributed by atoms with E-state index < -0.39 is 0 Å². The number of alkyl carbamates (subject to hydrolysis) is 1. The number of ether oxygens (including phenoxy) is 1. The van der Waals surface area contributed by atoms with E-state index in [0.717, 1.165) is 44.5 Å². The Balaban J connectivity index is 1.80. The molecule has 1 fully saturated rings. The highest BCUT2D eigenvalue weighted by atomic mass is 16.5. The summed E-state index contributed by atoms with van der Waals surface area (Å²) in [5.74, 6) is 0. The minimum absolute atomic E-state index is 0.151. The highest BCUT2D eigenvalue weighted by Gasteiger charge is 2.22. The summed E-state index contributed by atoms with van der Waals surface area (Å²) in [6, 6.07) is 4.14. The molecule has 1 atom stereocenters. The fourth-order valence-corrected chi connectivity index (χ4v) is 2.39. The van der Waals surface area contributed by atoms with Gasteiger partial charge in [-0.15, -0.1) is 0 Å². The molecule has 5 heteroatoms. The lowest BCUT2D eigenvalue weighted by atomic mass is 10.1. The SMILES string of the molecule is CCCCOC(=O)N[C@H]1CCCN(c2cccnc2)C1. The van der Waals surface area contributed by atoms with E-state index in [2.05, 4.69) is 28.2 Å². The zero-order valence-corrected chi connectivity index (χ0v) is 12.0. The Morgan fingerprint density at radius 1 is 1.60 bits per heavy atom. The molecular weight excluding hydrogens is 254 g/mol. The van der Waals surface area contributed by atoms with Crippen LogP contribution < -0.4 is 10.2 Å². The number of amides is 1. The van der Waals surface area contributed by atoms with Gasteiger partial charge in [-0.05, 0) is 31.4 Å². The van der Waals surface area contributed by atoms with E-state index in [1.807, 2.05) is 12.3 Å². The van der Waals surface area contributed by atoms with E-state index in [4.69, 9.17) is 4.74 Å². The Hall–Kier alpha value is -1.78. The van der Waals surface area contributed by atoms with Crippen molar-refractivity contribution in [3.05, 3.63) is 24.5 Å². The number of aromatic nitrogens is 1. The number of carbonyl (C=O) groups excluding carboxylic acids is 1. The van der Waals surface area contributed by atoms with Crippen molar-refractivity contribution in [2.24, 2.45) is 0 Å². The van der Waals surface area contributed by atoms with Gasteiger partial charge >= 0.3 is 6.09 Å². The van der Waals surface area contributed by atoms with Crippen molar-refractivity contribution in [2.45, 2.75) is 38.6 Å². The molecular formula is C15H23N3O2. The predicted octanol–water partition coefficient (Wildman–Crippen LogP) is 2.58. The molecule has 1 amide bonds.